The van der Waals surface area contributed by atoms with E-state index in [0.29, 0.717) is 23.6 Å². The van der Waals surface area contributed by atoms with Crippen molar-refractivity contribution in [3.8, 4) is 0 Å². The summed E-state index contributed by atoms with van der Waals surface area (Å²) in [5.74, 6) is 0.112. The van der Waals surface area contributed by atoms with E-state index in [1.54, 1.807) is 11.6 Å². The normalized spacial score (nSPS) is 17.3. The molecule has 0 saturated carbocycles. The second kappa shape index (κ2) is 6.35. The molecule has 1 fully saturated rings. The van der Waals surface area contributed by atoms with Crippen molar-refractivity contribution in [2.45, 2.75) is 39.5 Å². The van der Waals surface area contributed by atoms with Crippen LogP contribution in [0.1, 0.15) is 51.6 Å². The summed E-state index contributed by atoms with van der Waals surface area (Å²) < 4.78 is 1.51. The van der Waals surface area contributed by atoms with Gasteiger partial charge >= 0.3 is 0 Å². The third-order valence-corrected chi connectivity index (χ3v) is 6.08. The van der Waals surface area contributed by atoms with E-state index in [0.717, 1.165) is 35.5 Å². The van der Waals surface area contributed by atoms with Gasteiger partial charge in [0.15, 0.2) is 5.65 Å². The van der Waals surface area contributed by atoms with Crippen LogP contribution >= 0.6 is 11.3 Å². The largest absolute Gasteiger partial charge is 0.337 e. The molecule has 1 atom stereocenters. The van der Waals surface area contributed by atoms with E-state index >= 15 is 0 Å². The molecule has 8 heteroatoms. The van der Waals surface area contributed by atoms with Crippen LogP contribution in [0.25, 0.3) is 5.65 Å². The number of nitrogens with one attached hydrogen (secondary N) is 1. The zero-order valence-corrected chi connectivity index (χ0v) is 15.9. The molecule has 3 aromatic heterocycles. The molecular formula is C18H21N5O2S. The van der Waals surface area contributed by atoms with Crippen LogP contribution in [-0.2, 0) is 6.42 Å². The first-order chi connectivity index (χ1) is 12.5. The Bertz CT molecular complexity index is 1050. The molecule has 0 bridgehead atoms. The minimum absolute atomic E-state index is 0.0244. The summed E-state index contributed by atoms with van der Waals surface area (Å²) in [7, 11) is 0. The molecule has 1 aliphatic heterocycles. The number of nitrogens with zero attached hydrogens (tertiary/aromatic N) is 4. The van der Waals surface area contributed by atoms with Crippen LogP contribution in [0.5, 0.6) is 0 Å². The van der Waals surface area contributed by atoms with Crippen molar-refractivity contribution < 1.29 is 4.79 Å². The van der Waals surface area contributed by atoms with Crippen molar-refractivity contribution in [1.82, 2.24) is 24.5 Å². The van der Waals surface area contributed by atoms with Crippen molar-refractivity contribution in [3.63, 3.8) is 0 Å². The van der Waals surface area contributed by atoms with Crippen LogP contribution in [0, 0.1) is 13.8 Å². The highest BCUT2D eigenvalue weighted by molar-refractivity contribution is 7.11. The van der Waals surface area contributed by atoms with E-state index in [1.165, 1.54) is 15.9 Å². The zero-order chi connectivity index (χ0) is 18.4. The molecule has 1 aliphatic rings. The third kappa shape index (κ3) is 2.65. The maximum atomic E-state index is 12.7. The minimum atomic E-state index is -0.101. The predicted molar refractivity (Wildman–Crippen MR) is 100 cm³/mol. The van der Waals surface area contributed by atoms with Gasteiger partial charge in [-0.05, 0) is 26.7 Å². The maximum Gasteiger partial charge on any atom is 0.272 e. The molecule has 26 heavy (non-hydrogen) atoms. The Labute approximate surface area is 154 Å². The van der Waals surface area contributed by atoms with Gasteiger partial charge in [0.1, 0.15) is 4.88 Å². The van der Waals surface area contributed by atoms with Crippen molar-refractivity contribution in [3.05, 3.63) is 49.5 Å². The van der Waals surface area contributed by atoms with Gasteiger partial charge in [-0.2, -0.15) is 0 Å². The third-order valence-electron chi connectivity index (χ3n) is 5.16. The standard InChI is InChI=1S/C18H21N5O2S/c1-4-13-10(2)17-20-14(7-15(24)23(17)21-13)12-5-6-22(8-12)18(25)16-11(3)19-9-26-16/h7,9,12,21H,4-6,8H2,1-3H3. The SMILES string of the molecule is CCc1[nH]n2c(=O)cc(C3CCN(C(=O)c4scnc4C)C3)nc2c1C. The Balaban J connectivity index is 1.63. The summed E-state index contributed by atoms with van der Waals surface area (Å²) in [6.45, 7) is 7.15. The van der Waals surface area contributed by atoms with Crippen molar-refractivity contribution in [1.29, 1.82) is 0 Å². The molecule has 136 valence electrons. The monoisotopic (exact) mass is 371 g/mol. The van der Waals surface area contributed by atoms with Crippen LogP contribution in [0.15, 0.2) is 16.4 Å². The highest BCUT2D eigenvalue weighted by Crippen LogP contribution is 2.28. The number of rotatable bonds is 3. The highest BCUT2D eigenvalue weighted by Gasteiger charge is 2.31. The van der Waals surface area contributed by atoms with Crippen LogP contribution in [0.4, 0.5) is 0 Å². The number of aryl methyl sites for hydroxylation is 3. The molecule has 3 aromatic rings. The van der Waals surface area contributed by atoms with Crippen LogP contribution in [0.3, 0.4) is 0 Å². The van der Waals surface area contributed by atoms with Gasteiger partial charge in [0.25, 0.3) is 11.5 Å². The predicted octanol–water partition coefficient (Wildman–Crippen LogP) is 2.29. The molecule has 0 aromatic carbocycles. The van der Waals surface area contributed by atoms with Gasteiger partial charge in [0.05, 0.1) is 16.9 Å². The van der Waals surface area contributed by atoms with Crippen molar-refractivity contribution in [2.75, 3.05) is 13.1 Å². The van der Waals surface area contributed by atoms with Gasteiger partial charge in [0, 0.05) is 36.3 Å². The van der Waals surface area contributed by atoms with E-state index in [4.69, 9.17) is 4.98 Å². The van der Waals surface area contributed by atoms with Crippen LogP contribution < -0.4 is 5.56 Å². The maximum absolute atomic E-state index is 12.7. The molecule has 7 nitrogen and oxygen atoms in total. The van der Waals surface area contributed by atoms with Gasteiger partial charge in [-0.25, -0.2) is 14.5 Å². The van der Waals surface area contributed by atoms with E-state index in [1.807, 2.05) is 25.7 Å². The van der Waals surface area contributed by atoms with Gasteiger partial charge in [-0.3, -0.25) is 14.7 Å². The lowest BCUT2D eigenvalue weighted by Gasteiger charge is -2.15. The summed E-state index contributed by atoms with van der Waals surface area (Å²) in [5, 5.41) is 3.12. The average Bonchev–Trinajstić information content (AvgIpc) is 3.34. The lowest BCUT2D eigenvalue weighted by molar-refractivity contribution is 0.0794. The molecule has 0 spiro atoms. The molecule has 0 aliphatic carbocycles. The molecule has 4 heterocycles. The number of fused-ring (bicyclic) bond motifs is 1. The number of hydrogen-bond acceptors (Lipinski definition) is 5. The summed E-state index contributed by atoms with van der Waals surface area (Å²) in [6, 6.07) is 1.60. The first-order valence-corrected chi connectivity index (χ1v) is 9.68. The first kappa shape index (κ1) is 17.0. The molecule has 1 N–H and O–H groups in total. The number of likely N-dealkylation sites (tertiary alicyclic amines) is 1. The van der Waals surface area contributed by atoms with Gasteiger partial charge in [0.2, 0.25) is 0 Å². The van der Waals surface area contributed by atoms with E-state index < -0.39 is 0 Å². The van der Waals surface area contributed by atoms with Crippen LogP contribution in [0.2, 0.25) is 0 Å². The lowest BCUT2D eigenvalue weighted by atomic mass is 10.0. The Morgan fingerprint density at radius 1 is 1.42 bits per heavy atom. The fourth-order valence-corrected chi connectivity index (χ4v) is 4.37. The second-order valence-corrected chi connectivity index (χ2v) is 7.61. The van der Waals surface area contributed by atoms with Gasteiger partial charge < -0.3 is 4.90 Å². The molecule has 0 radical (unpaired) electrons. The van der Waals surface area contributed by atoms with E-state index in [-0.39, 0.29) is 17.4 Å². The topological polar surface area (TPSA) is 83.4 Å². The Morgan fingerprint density at radius 2 is 2.23 bits per heavy atom. The Kier molecular flexibility index (Phi) is 4.14. The van der Waals surface area contributed by atoms with E-state index in [9.17, 15) is 9.59 Å². The van der Waals surface area contributed by atoms with E-state index in [2.05, 4.69) is 10.1 Å². The number of amides is 1. The lowest BCUT2D eigenvalue weighted by Crippen LogP contribution is -2.28. The first-order valence-electron chi connectivity index (χ1n) is 8.80. The molecule has 4 rings (SSSR count). The Hall–Kier alpha value is -2.48. The average molecular weight is 371 g/mol. The molecule has 1 amide bonds. The van der Waals surface area contributed by atoms with Crippen molar-refractivity contribution >= 4 is 22.9 Å². The Morgan fingerprint density at radius 3 is 2.92 bits per heavy atom. The van der Waals surface area contributed by atoms with Gasteiger partial charge in [-0.1, -0.05) is 6.92 Å². The molecule has 1 unspecified atom stereocenters. The van der Waals surface area contributed by atoms with Gasteiger partial charge in [-0.15, -0.1) is 11.3 Å². The fraction of sp³-hybridized carbons (Fsp3) is 0.444. The van der Waals surface area contributed by atoms with Crippen LogP contribution in [-0.4, -0.2) is 43.5 Å². The number of thiazole rings is 1. The number of aromatic nitrogens is 4. The smallest absolute Gasteiger partial charge is 0.272 e. The zero-order valence-electron chi connectivity index (χ0n) is 15.1. The number of carbonyl (C=O) groups is 1. The van der Waals surface area contributed by atoms with Crippen molar-refractivity contribution in [2.24, 2.45) is 0 Å². The summed E-state index contributed by atoms with van der Waals surface area (Å²) in [5.41, 5.74) is 5.87. The summed E-state index contributed by atoms with van der Waals surface area (Å²) in [6.07, 6.45) is 1.64. The second-order valence-electron chi connectivity index (χ2n) is 6.75. The highest BCUT2D eigenvalue weighted by atomic mass is 32.1. The quantitative estimate of drug-likeness (QED) is 0.766. The number of H-pyrrole nitrogens is 1. The number of hydrogen-bond donors (Lipinski definition) is 1. The summed E-state index contributed by atoms with van der Waals surface area (Å²) in [4.78, 5) is 36.6. The summed E-state index contributed by atoms with van der Waals surface area (Å²) >= 11 is 1.38. The minimum Gasteiger partial charge on any atom is -0.337 e. The molecular weight excluding hydrogens is 350 g/mol. The number of carbonyl (C=O) groups excluding carboxylic acids is 1. The molecule has 1 saturated heterocycles. The number of aromatic amines is 1. The fourth-order valence-electron chi connectivity index (χ4n) is 3.60.